The number of amides is 1. The van der Waals surface area contributed by atoms with Crippen LogP contribution in [0.5, 0.6) is 0 Å². The van der Waals surface area contributed by atoms with Gasteiger partial charge in [0.2, 0.25) is 5.91 Å². The van der Waals surface area contributed by atoms with E-state index < -0.39 is 17.7 Å². The maximum absolute atomic E-state index is 13.8. The maximum Gasteiger partial charge on any atom is 0.223 e. The van der Waals surface area contributed by atoms with Crippen molar-refractivity contribution in [2.75, 3.05) is 7.05 Å². The summed E-state index contributed by atoms with van der Waals surface area (Å²) in [6, 6.07) is 3.15. The Hall–Kier alpha value is -1.49. The lowest BCUT2D eigenvalue weighted by Gasteiger charge is -2.27. The topological polar surface area (TPSA) is 46.3 Å². The zero-order chi connectivity index (χ0) is 15.6. The van der Waals surface area contributed by atoms with Gasteiger partial charge >= 0.3 is 0 Å². The molecule has 0 heterocycles. The first-order chi connectivity index (χ1) is 9.91. The molecule has 5 heteroatoms. The molecule has 116 valence electrons. The van der Waals surface area contributed by atoms with Gasteiger partial charge in [-0.15, -0.1) is 0 Å². The molecule has 1 aromatic rings. The van der Waals surface area contributed by atoms with Crippen molar-refractivity contribution in [1.29, 1.82) is 0 Å². The molecule has 0 aromatic heterocycles. The third-order valence-corrected chi connectivity index (χ3v) is 4.55. The van der Waals surface area contributed by atoms with Gasteiger partial charge in [0.15, 0.2) is 0 Å². The number of nitrogens with zero attached hydrogens (tertiary/aromatic N) is 1. The Balaban J connectivity index is 2.08. The van der Waals surface area contributed by atoms with E-state index in [1.165, 1.54) is 23.1 Å². The molecule has 21 heavy (non-hydrogen) atoms. The summed E-state index contributed by atoms with van der Waals surface area (Å²) in [7, 11) is 1.58. The standard InChI is InChI=1S/C16H22F2N2O/c1-10(16-12(17)6-4-7-13(16)18)20(2)15(21)9-11-5-3-8-14(11)19/h4,6-7,10-11,14H,3,5,8-9,19H2,1-2H3/t10?,11-,14+/m0/s1. The van der Waals surface area contributed by atoms with Crippen molar-refractivity contribution in [3.05, 3.63) is 35.4 Å². The summed E-state index contributed by atoms with van der Waals surface area (Å²) < 4.78 is 27.6. The van der Waals surface area contributed by atoms with Gasteiger partial charge in [-0.25, -0.2) is 8.78 Å². The summed E-state index contributed by atoms with van der Waals surface area (Å²) in [5.41, 5.74) is 5.91. The monoisotopic (exact) mass is 296 g/mol. The fourth-order valence-corrected chi connectivity index (χ4v) is 3.01. The molecular weight excluding hydrogens is 274 g/mol. The van der Waals surface area contributed by atoms with Crippen molar-refractivity contribution in [1.82, 2.24) is 4.90 Å². The first kappa shape index (κ1) is 15.9. The summed E-state index contributed by atoms with van der Waals surface area (Å²) in [4.78, 5) is 13.7. The summed E-state index contributed by atoms with van der Waals surface area (Å²) in [5.74, 6) is -1.19. The van der Waals surface area contributed by atoms with E-state index in [-0.39, 0.29) is 23.4 Å². The predicted octanol–water partition coefficient (Wildman–Crippen LogP) is 3.00. The highest BCUT2D eigenvalue weighted by Gasteiger charge is 2.29. The molecule has 0 aliphatic heterocycles. The van der Waals surface area contributed by atoms with Gasteiger partial charge in [0.1, 0.15) is 11.6 Å². The number of benzene rings is 1. The molecule has 0 spiro atoms. The van der Waals surface area contributed by atoms with Crippen molar-refractivity contribution in [2.24, 2.45) is 11.7 Å². The van der Waals surface area contributed by atoms with Gasteiger partial charge in [-0.05, 0) is 37.8 Å². The summed E-state index contributed by atoms with van der Waals surface area (Å²) in [6.45, 7) is 1.63. The minimum Gasteiger partial charge on any atom is -0.339 e. The van der Waals surface area contributed by atoms with Crippen LogP contribution in [0.15, 0.2) is 18.2 Å². The van der Waals surface area contributed by atoms with E-state index in [0.29, 0.717) is 6.42 Å². The molecule has 1 aliphatic carbocycles. The molecule has 1 amide bonds. The highest BCUT2D eigenvalue weighted by Crippen LogP contribution is 2.30. The fraction of sp³-hybridized carbons (Fsp3) is 0.562. The van der Waals surface area contributed by atoms with Crippen LogP contribution in [0.3, 0.4) is 0 Å². The molecule has 0 saturated heterocycles. The lowest BCUT2D eigenvalue weighted by molar-refractivity contribution is -0.133. The van der Waals surface area contributed by atoms with E-state index in [1.807, 2.05) is 0 Å². The van der Waals surface area contributed by atoms with E-state index in [2.05, 4.69) is 0 Å². The van der Waals surface area contributed by atoms with E-state index >= 15 is 0 Å². The second-order valence-electron chi connectivity index (χ2n) is 5.87. The second kappa shape index (κ2) is 6.52. The molecule has 3 atom stereocenters. The Morgan fingerprint density at radius 3 is 2.52 bits per heavy atom. The average molecular weight is 296 g/mol. The smallest absolute Gasteiger partial charge is 0.223 e. The van der Waals surface area contributed by atoms with Crippen molar-refractivity contribution >= 4 is 5.91 Å². The lowest BCUT2D eigenvalue weighted by atomic mass is 9.98. The first-order valence-electron chi connectivity index (χ1n) is 7.37. The van der Waals surface area contributed by atoms with Crippen LogP contribution in [0, 0.1) is 17.6 Å². The quantitative estimate of drug-likeness (QED) is 0.928. The van der Waals surface area contributed by atoms with Crippen molar-refractivity contribution < 1.29 is 13.6 Å². The molecule has 1 aromatic carbocycles. The lowest BCUT2D eigenvalue weighted by Crippen LogP contribution is -2.35. The van der Waals surface area contributed by atoms with Crippen molar-refractivity contribution in [3.63, 3.8) is 0 Å². The van der Waals surface area contributed by atoms with Gasteiger partial charge in [0.05, 0.1) is 6.04 Å². The first-order valence-corrected chi connectivity index (χ1v) is 7.37. The van der Waals surface area contributed by atoms with Crippen LogP contribution < -0.4 is 5.73 Å². The summed E-state index contributed by atoms with van der Waals surface area (Å²) in [6.07, 6.45) is 3.28. The zero-order valence-electron chi connectivity index (χ0n) is 12.5. The molecule has 1 unspecified atom stereocenters. The van der Waals surface area contributed by atoms with E-state index in [0.717, 1.165) is 19.3 Å². The van der Waals surface area contributed by atoms with E-state index in [9.17, 15) is 13.6 Å². The molecule has 1 aliphatic rings. The molecule has 1 fully saturated rings. The Labute approximate surface area is 124 Å². The van der Waals surface area contributed by atoms with Crippen LogP contribution in [0.4, 0.5) is 8.78 Å². The van der Waals surface area contributed by atoms with Gasteiger partial charge in [-0.2, -0.15) is 0 Å². The van der Waals surface area contributed by atoms with Crippen LogP contribution in [-0.4, -0.2) is 23.9 Å². The Bertz CT molecular complexity index is 501. The number of nitrogens with two attached hydrogens (primary N) is 1. The molecule has 1 saturated carbocycles. The number of halogens is 2. The van der Waals surface area contributed by atoms with E-state index in [1.54, 1.807) is 14.0 Å². The SMILES string of the molecule is CC(c1c(F)cccc1F)N(C)C(=O)C[C@@H]1CCC[C@H]1N. The molecular formula is C16H22F2N2O. The maximum atomic E-state index is 13.8. The largest absolute Gasteiger partial charge is 0.339 e. The van der Waals surface area contributed by atoms with Crippen LogP contribution in [0.1, 0.15) is 44.2 Å². The van der Waals surface area contributed by atoms with Gasteiger partial charge in [-0.1, -0.05) is 12.5 Å². The predicted molar refractivity (Wildman–Crippen MR) is 77.5 cm³/mol. The van der Waals surface area contributed by atoms with Gasteiger partial charge in [-0.3, -0.25) is 4.79 Å². The summed E-state index contributed by atoms with van der Waals surface area (Å²) in [5, 5.41) is 0. The minimum atomic E-state index is -0.642. The molecule has 2 N–H and O–H groups in total. The van der Waals surface area contributed by atoms with Gasteiger partial charge in [0.25, 0.3) is 0 Å². The van der Waals surface area contributed by atoms with Crippen molar-refractivity contribution in [3.8, 4) is 0 Å². The normalized spacial score (nSPS) is 23.1. The number of hydrogen-bond acceptors (Lipinski definition) is 2. The van der Waals surface area contributed by atoms with Crippen LogP contribution in [-0.2, 0) is 4.79 Å². The Morgan fingerprint density at radius 1 is 1.38 bits per heavy atom. The highest BCUT2D eigenvalue weighted by molar-refractivity contribution is 5.76. The van der Waals surface area contributed by atoms with Gasteiger partial charge in [0, 0.05) is 25.1 Å². The molecule has 2 rings (SSSR count). The van der Waals surface area contributed by atoms with E-state index in [4.69, 9.17) is 5.73 Å². The third kappa shape index (κ3) is 3.40. The number of hydrogen-bond donors (Lipinski definition) is 1. The van der Waals surface area contributed by atoms with Crippen molar-refractivity contribution in [2.45, 2.75) is 44.7 Å². The molecule has 3 nitrogen and oxygen atoms in total. The number of carbonyl (C=O) groups excluding carboxylic acids is 1. The highest BCUT2D eigenvalue weighted by atomic mass is 19.1. The van der Waals surface area contributed by atoms with Crippen LogP contribution in [0.25, 0.3) is 0 Å². The number of carbonyl (C=O) groups is 1. The fourth-order valence-electron chi connectivity index (χ4n) is 3.01. The zero-order valence-corrected chi connectivity index (χ0v) is 12.5. The summed E-state index contributed by atoms with van der Waals surface area (Å²) >= 11 is 0. The minimum absolute atomic E-state index is 0.0582. The van der Waals surface area contributed by atoms with Crippen LogP contribution in [0.2, 0.25) is 0 Å². The average Bonchev–Trinajstić information content (AvgIpc) is 2.83. The Kier molecular flexibility index (Phi) is 4.93. The second-order valence-corrected chi connectivity index (χ2v) is 5.87. The molecule has 0 radical (unpaired) electrons. The van der Waals surface area contributed by atoms with Gasteiger partial charge < -0.3 is 10.6 Å². The number of rotatable bonds is 4. The molecule has 0 bridgehead atoms. The third-order valence-electron chi connectivity index (χ3n) is 4.55. The Morgan fingerprint density at radius 2 is 2.00 bits per heavy atom. The van der Waals surface area contributed by atoms with Crippen LogP contribution >= 0.6 is 0 Å².